The molecule has 0 atom stereocenters. The summed E-state index contributed by atoms with van der Waals surface area (Å²) in [5.41, 5.74) is 1.14. The van der Waals surface area contributed by atoms with Crippen LogP contribution in [0.5, 0.6) is 0 Å². The van der Waals surface area contributed by atoms with E-state index >= 15 is 0 Å². The Hall–Kier alpha value is -2.26. The van der Waals surface area contributed by atoms with Crippen LogP contribution in [0, 0.1) is 24.0 Å². The van der Waals surface area contributed by atoms with Crippen LogP contribution in [0.1, 0.15) is 16.8 Å². The summed E-state index contributed by atoms with van der Waals surface area (Å²) in [6.45, 7) is 3.20. The fourth-order valence-electron chi connectivity index (χ4n) is 2.37. The zero-order chi connectivity index (χ0) is 17.2. The van der Waals surface area contributed by atoms with Gasteiger partial charge in [-0.1, -0.05) is 12.1 Å². The molecule has 0 aliphatic rings. The SMILES string of the molecule is Cc1ccc(C)c(S(=O)(=O)NCCc2ccnn2C)c1[N+](=O)[O-]. The molecule has 0 unspecified atom stereocenters. The Kier molecular flexibility index (Phi) is 4.81. The number of hydrogen-bond donors (Lipinski definition) is 1. The van der Waals surface area contributed by atoms with E-state index in [4.69, 9.17) is 0 Å². The lowest BCUT2D eigenvalue weighted by molar-refractivity contribution is -0.388. The molecule has 1 N–H and O–H groups in total. The predicted octanol–water partition coefficient (Wildman–Crippen LogP) is 1.47. The van der Waals surface area contributed by atoms with Crippen molar-refractivity contribution in [3.63, 3.8) is 0 Å². The molecule has 2 aromatic rings. The van der Waals surface area contributed by atoms with E-state index in [0.29, 0.717) is 17.5 Å². The summed E-state index contributed by atoms with van der Waals surface area (Å²) in [5.74, 6) is 0. The highest BCUT2D eigenvalue weighted by Crippen LogP contribution is 2.30. The molecule has 0 spiro atoms. The van der Waals surface area contributed by atoms with Crippen molar-refractivity contribution in [2.24, 2.45) is 7.05 Å². The van der Waals surface area contributed by atoms with Crippen LogP contribution in [0.15, 0.2) is 29.3 Å². The largest absolute Gasteiger partial charge is 0.292 e. The molecule has 0 aliphatic carbocycles. The lowest BCUT2D eigenvalue weighted by atomic mass is 10.1. The first-order valence-electron chi connectivity index (χ1n) is 6.95. The maximum Gasteiger partial charge on any atom is 0.292 e. The third-order valence-electron chi connectivity index (χ3n) is 3.58. The van der Waals surface area contributed by atoms with Gasteiger partial charge in [-0.05, 0) is 25.5 Å². The third kappa shape index (κ3) is 3.57. The van der Waals surface area contributed by atoms with Crippen molar-refractivity contribution in [2.45, 2.75) is 25.2 Å². The van der Waals surface area contributed by atoms with Crippen LogP contribution in [-0.4, -0.2) is 29.7 Å². The summed E-state index contributed by atoms with van der Waals surface area (Å²) in [7, 11) is -2.21. The molecule has 8 nitrogen and oxygen atoms in total. The lowest BCUT2D eigenvalue weighted by Gasteiger charge is -2.11. The van der Waals surface area contributed by atoms with Gasteiger partial charge in [0.1, 0.15) is 0 Å². The van der Waals surface area contributed by atoms with Crippen LogP contribution < -0.4 is 4.72 Å². The van der Waals surface area contributed by atoms with Crippen LogP contribution in [0.3, 0.4) is 0 Å². The molecule has 0 fully saturated rings. The predicted molar refractivity (Wildman–Crippen MR) is 84.7 cm³/mol. The highest BCUT2D eigenvalue weighted by Gasteiger charge is 2.29. The maximum atomic E-state index is 12.5. The second kappa shape index (κ2) is 6.47. The van der Waals surface area contributed by atoms with Gasteiger partial charge in [0.15, 0.2) is 4.90 Å². The Bertz CT molecular complexity index is 842. The minimum Gasteiger partial charge on any atom is -0.273 e. The summed E-state index contributed by atoms with van der Waals surface area (Å²) >= 11 is 0. The second-order valence-corrected chi connectivity index (χ2v) is 6.93. The summed E-state index contributed by atoms with van der Waals surface area (Å²) in [5, 5.41) is 15.3. The number of benzene rings is 1. The molecule has 0 bridgehead atoms. The van der Waals surface area contributed by atoms with Crippen molar-refractivity contribution in [2.75, 3.05) is 6.54 Å². The van der Waals surface area contributed by atoms with Crippen LogP contribution >= 0.6 is 0 Å². The number of aryl methyl sites for hydroxylation is 3. The number of aromatic nitrogens is 2. The van der Waals surface area contributed by atoms with E-state index < -0.39 is 14.9 Å². The number of sulfonamides is 1. The maximum absolute atomic E-state index is 12.5. The standard InChI is InChI=1S/C14H18N4O4S/c1-10-4-5-11(2)14(13(10)18(19)20)23(21,22)16-9-7-12-6-8-15-17(12)3/h4-6,8,16H,7,9H2,1-3H3. The molecule has 0 amide bonds. The van der Waals surface area contributed by atoms with E-state index in [1.54, 1.807) is 43.0 Å². The van der Waals surface area contributed by atoms with Gasteiger partial charge in [0.05, 0.1) is 4.92 Å². The fourth-order valence-corrected chi connectivity index (χ4v) is 3.87. The molecule has 2 rings (SSSR count). The van der Waals surface area contributed by atoms with Crippen molar-refractivity contribution in [3.8, 4) is 0 Å². The number of nitrogens with zero attached hydrogens (tertiary/aromatic N) is 3. The number of rotatable bonds is 6. The van der Waals surface area contributed by atoms with Crippen LogP contribution in [-0.2, 0) is 23.5 Å². The average Bonchev–Trinajstić information content (AvgIpc) is 2.86. The van der Waals surface area contributed by atoms with E-state index in [1.165, 1.54) is 6.92 Å². The van der Waals surface area contributed by atoms with Crippen molar-refractivity contribution in [3.05, 3.63) is 51.3 Å². The summed E-state index contributed by atoms with van der Waals surface area (Å²) < 4.78 is 29.1. The lowest BCUT2D eigenvalue weighted by Crippen LogP contribution is -2.28. The Morgan fingerprint density at radius 2 is 1.91 bits per heavy atom. The Morgan fingerprint density at radius 3 is 2.48 bits per heavy atom. The van der Waals surface area contributed by atoms with Gasteiger partial charge in [0.2, 0.25) is 10.0 Å². The second-order valence-electron chi connectivity index (χ2n) is 5.23. The smallest absolute Gasteiger partial charge is 0.273 e. The Balaban J connectivity index is 2.28. The minimum absolute atomic E-state index is 0.131. The molecule has 0 radical (unpaired) electrons. The van der Waals surface area contributed by atoms with Crippen LogP contribution in [0.25, 0.3) is 0 Å². The summed E-state index contributed by atoms with van der Waals surface area (Å²) in [6, 6.07) is 4.90. The Morgan fingerprint density at radius 1 is 1.26 bits per heavy atom. The van der Waals surface area contributed by atoms with Gasteiger partial charge in [-0.2, -0.15) is 5.10 Å². The van der Waals surface area contributed by atoms with E-state index in [-0.39, 0.29) is 17.1 Å². The van der Waals surface area contributed by atoms with Gasteiger partial charge < -0.3 is 0 Å². The van der Waals surface area contributed by atoms with Gasteiger partial charge >= 0.3 is 0 Å². The quantitative estimate of drug-likeness (QED) is 0.634. The molecular formula is C14H18N4O4S. The number of nitrogens with one attached hydrogen (secondary N) is 1. The number of hydrogen-bond acceptors (Lipinski definition) is 5. The van der Waals surface area contributed by atoms with Crippen molar-refractivity contribution in [1.82, 2.24) is 14.5 Å². The molecule has 23 heavy (non-hydrogen) atoms. The molecule has 0 saturated heterocycles. The average molecular weight is 338 g/mol. The summed E-state index contributed by atoms with van der Waals surface area (Å²) in [4.78, 5) is 10.3. The van der Waals surface area contributed by atoms with Crippen molar-refractivity contribution < 1.29 is 13.3 Å². The van der Waals surface area contributed by atoms with Crippen LogP contribution in [0.4, 0.5) is 5.69 Å². The molecule has 9 heteroatoms. The zero-order valence-electron chi connectivity index (χ0n) is 13.1. The molecule has 1 aromatic heterocycles. The normalized spacial score (nSPS) is 11.6. The van der Waals surface area contributed by atoms with Crippen molar-refractivity contribution in [1.29, 1.82) is 0 Å². The molecule has 0 aliphatic heterocycles. The van der Waals surface area contributed by atoms with Crippen molar-refractivity contribution >= 4 is 15.7 Å². The van der Waals surface area contributed by atoms with Gasteiger partial charge in [-0.25, -0.2) is 13.1 Å². The van der Waals surface area contributed by atoms with Gasteiger partial charge in [0, 0.05) is 37.5 Å². The highest BCUT2D eigenvalue weighted by atomic mass is 32.2. The molecule has 1 heterocycles. The number of nitro groups is 1. The monoisotopic (exact) mass is 338 g/mol. The molecule has 1 aromatic carbocycles. The first kappa shape index (κ1) is 17.1. The molecule has 124 valence electrons. The molecule has 0 saturated carbocycles. The van der Waals surface area contributed by atoms with E-state index in [0.717, 1.165) is 5.69 Å². The Labute approximate surface area is 134 Å². The third-order valence-corrected chi connectivity index (χ3v) is 5.21. The van der Waals surface area contributed by atoms with Gasteiger partial charge in [-0.3, -0.25) is 14.8 Å². The zero-order valence-corrected chi connectivity index (χ0v) is 13.9. The first-order chi connectivity index (χ1) is 10.7. The van der Waals surface area contributed by atoms with Gasteiger partial charge in [-0.15, -0.1) is 0 Å². The highest BCUT2D eigenvalue weighted by molar-refractivity contribution is 7.89. The van der Waals surface area contributed by atoms with E-state index in [2.05, 4.69) is 9.82 Å². The minimum atomic E-state index is -3.98. The summed E-state index contributed by atoms with van der Waals surface area (Å²) in [6.07, 6.45) is 2.06. The van der Waals surface area contributed by atoms with E-state index in [9.17, 15) is 18.5 Å². The van der Waals surface area contributed by atoms with E-state index in [1.807, 2.05) is 0 Å². The van der Waals surface area contributed by atoms with Crippen LogP contribution in [0.2, 0.25) is 0 Å². The fraction of sp³-hybridized carbons (Fsp3) is 0.357. The topological polar surface area (TPSA) is 107 Å². The number of nitro benzene ring substituents is 1. The first-order valence-corrected chi connectivity index (χ1v) is 8.43. The molecular weight excluding hydrogens is 320 g/mol. The van der Waals surface area contributed by atoms with Gasteiger partial charge in [0.25, 0.3) is 5.69 Å².